The van der Waals surface area contributed by atoms with Crippen LogP contribution in [0.3, 0.4) is 0 Å². The Labute approximate surface area is 125 Å². The summed E-state index contributed by atoms with van der Waals surface area (Å²) in [5.74, 6) is 0. The molecular weight excluding hydrogens is 347 g/mol. The van der Waals surface area contributed by atoms with Crippen molar-refractivity contribution in [3.8, 4) is 0 Å². The number of ether oxygens (including phenoxy) is 1. The van der Waals surface area contributed by atoms with Gasteiger partial charge in [0, 0.05) is 31.6 Å². The maximum Gasteiger partial charge on any atom is 0.168 e. The maximum absolute atomic E-state index is 5.45. The van der Waals surface area contributed by atoms with Crippen molar-refractivity contribution in [1.82, 2.24) is 4.90 Å². The third-order valence-electron chi connectivity index (χ3n) is 2.77. The van der Waals surface area contributed by atoms with E-state index in [4.69, 9.17) is 17.0 Å². The van der Waals surface area contributed by atoms with Gasteiger partial charge in [-0.3, -0.25) is 0 Å². The number of halogens is 1. The van der Waals surface area contributed by atoms with Crippen molar-refractivity contribution in [3.05, 3.63) is 30.1 Å². The predicted molar refractivity (Wildman–Crippen MR) is 66.3 cm³/mol. The fourth-order valence-corrected chi connectivity index (χ4v) is 2.10. The molecule has 3 nitrogen and oxygen atoms in total. The van der Waals surface area contributed by atoms with Gasteiger partial charge in [-0.15, -0.1) is 0 Å². The van der Waals surface area contributed by atoms with Crippen LogP contribution in [0.1, 0.15) is 5.56 Å². The molecule has 0 unspecified atom stereocenters. The number of rotatable bonds is 2. The van der Waals surface area contributed by atoms with E-state index in [2.05, 4.69) is 29.4 Å². The van der Waals surface area contributed by atoms with E-state index in [1.807, 2.05) is 11.6 Å². The highest BCUT2D eigenvalue weighted by Crippen LogP contribution is 2.05. The fourth-order valence-electron chi connectivity index (χ4n) is 1.75. The van der Waals surface area contributed by atoms with E-state index < -0.39 is 0 Å². The Morgan fingerprint density at radius 1 is 1.35 bits per heavy atom. The average Bonchev–Trinajstić information content (AvgIpc) is 2.33. The van der Waals surface area contributed by atoms with Gasteiger partial charge in [-0.05, 0) is 5.56 Å². The molecule has 1 saturated heterocycles. The molecule has 0 spiro atoms. The van der Waals surface area contributed by atoms with Crippen LogP contribution in [0.25, 0.3) is 0 Å². The lowest BCUT2D eigenvalue weighted by Gasteiger charge is -2.29. The fraction of sp³-hybridized carbons (Fsp3) is 0.500. The van der Waals surface area contributed by atoms with Crippen LogP contribution in [0.5, 0.6) is 0 Å². The Morgan fingerprint density at radius 3 is 2.53 bits per heavy atom. The second-order valence-corrected chi connectivity index (χ2v) is 4.51. The summed E-state index contributed by atoms with van der Waals surface area (Å²) in [4.78, 5) is 3.27. The first kappa shape index (κ1) is 14.8. The van der Waals surface area contributed by atoms with Crippen LogP contribution >= 0.6 is 12.2 Å². The van der Waals surface area contributed by atoms with Gasteiger partial charge < -0.3 is 33.6 Å². The van der Waals surface area contributed by atoms with E-state index in [0.29, 0.717) is 0 Å². The lowest BCUT2D eigenvalue weighted by atomic mass is 10.2. The average molecular weight is 364 g/mol. The molecule has 1 aromatic heterocycles. The van der Waals surface area contributed by atoms with Crippen LogP contribution in [-0.2, 0) is 18.2 Å². The van der Waals surface area contributed by atoms with Gasteiger partial charge in [0.05, 0.1) is 18.2 Å². The van der Waals surface area contributed by atoms with Gasteiger partial charge in [-0.25, -0.2) is 4.57 Å². The van der Waals surface area contributed by atoms with Crippen LogP contribution in [0.2, 0.25) is 0 Å². The van der Waals surface area contributed by atoms with Gasteiger partial charge in [0.2, 0.25) is 0 Å². The molecule has 2 heterocycles. The van der Waals surface area contributed by atoms with Crippen molar-refractivity contribution < 1.29 is 33.3 Å². The number of aryl methyl sites for hydroxylation is 1. The molecule has 5 heteroatoms. The van der Waals surface area contributed by atoms with Crippen LogP contribution in [0.15, 0.2) is 24.5 Å². The third-order valence-corrected chi connectivity index (χ3v) is 3.17. The summed E-state index contributed by atoms with van der Waals surface area (Å²) in [6.07, 6.45) is 4.96. The van der Waals surface area contributed by atoms with Gasteiger partial charge in [-0.1, -0.05) is 12.2 Å². The highest BCUT2D eigenvalue weighted by atomic mass is 127. The van der Waals surface area contributed by atoms with Gasteiger partial charge >= 0.3 is 0 Å². The zero-order chi connectivity index (χ0) is 11.4. The van der Waals surface area contributed by atoms with Gasteiger partial charge in [0.15, 0.2) is 12.4 Å². The zero-order valence-electron chi connectivity index (χ0n) is 9.93. The van der Waals surface area contributed by atoms with Crippen LogP contribution in [-0.4, -0.2) is 36.2 Å². The standard InChI is InChI=1S/C12H17N2OS.HI/c1-13-4-2-11(3-5-13)10-12(16)14-6-8-15-9-7-14;/h2-5H,6-10H2,1H3;1H/q+1;/p-1. The summed E-state index contributed by atoms with van der Waals surface area (Å²) in [5.41, 5.74) is 1.27. The summed E-state index contributed by atoms with van der Waals surface area (Å²) in [5, 5.41) is 0. The second kappa shape index (κ2) is 7.23. The topological polar surface area (TPSA) is 16.4 Å². The quantitative estimate of drug-likeness (QED) is 0.334. The van der Waals surface area contributed by atoms with Gasteiger partial charge in [0.25, 0.3) is 0 Å². The van der Waals surface area contributed by atoms with Crippen molar-refractivity contribution in [1.29, 1.82) is 0 Å². The van der Waals surface area contributed by atoms with E-state index in [-0.39, 0.29) is 24.0 Å². The van der Waals surface area contributed by atoms with E-state index >= 15 is 0 Å². The molecule has 0 N–H and O–H groups in total. The largest absolute Gasteiger partial charge is 1.00 e. The summed E-state index contributed by atoms with van der Waals surface area (Å²) in [6, 6.07) is 4.24. The Hall–Kier alpha value is -0.270. The van der Waals surface area contributed by atoms with E-state index in [1.54, 1.807) is 0 Å². The van der Waals surface area contributed by atoms with Crippen LogP contribution in [0.4, 0.5) is 0 Å². The van der Waals surface area contributed by atoms with E-state index in [9.17, 15) is 0 Å². The number of pyridine rings is 1. The van der Waals surface area contributed by atoms with Crippen molar-refractivity contribution in [3.63, 3.8) is 0 Å². The van der Waals surface area contributed by atoms with Gasteiger partial charge in [-0.2, -0.15) is 0 Å². The molecule has 0 radical (unpaired) electrons. The molecule has 2 rings (SSSR count). The number of hydrogen-bond donors (Lipinski definition) is 0. The van der Waals surface area contributed by atoms with Crippen LogP contribution in [0, 0.1) is 0 Å². The number of morpholine rings is 1. The highest BCUT2D eigenvalue weighted by molar-refractivity contribution is 7.80. The monoisotopic (exact) mass is 364 g/mol. The van der Waals surface area contributed by atoms with Gasteiger partial charge in [0.1, 0.15) is 7.05 Å². The first-order chi connectivity index (χ1) is 7.75. The third kappa shape index (κ3) is 4.48. The lowest BCUT2D eigenvalue weighted by molar-refractivity contribution is -0.671. The first-order valence-electron chi connectivity index (χ1n) is 5.55. The molecule has 1 aliphatic rings. The van der Waals surface area contributed by atoms with Crippen LogP contribution < -0.4 is 28.5 Å². The molecule has 0 saturated carbocycles. The molecule has 1 aromatic rings. The minimum Gasteiger partial charge on any atom is -1.00 e. The molecule has 94 valence electrons. The minimum absolute atomic E-state index is 0. The maximum atomic E-state index is 5.45. The van der Waals surface area contributed by atoms with Crippen molar-refractivity contribution in [2.45, 2.75) is 6.42 Å². The Kier molecular flexibility index (Phi) is 6.29. The lowest BCUT2D eigenvalue weighted by Crippen LogP contribution is -3.00. The molecule has 0 bridgehead atoms. The predicted octanol–water partition coefficient (Wildman–Crippen LogP) is -2.28. The summed E-state index contributed by atoms with van der Waals surface area (Å²) in [6.45, 7) is 3.45. The normalized spacial score (nSPS) is 15.2. The molecular formula is C12H17IN2OS. The number of nitrogens with zero attached hydrogens (tertiary/aromatic N) is 2. The minimum atomic E-state index is 0. The van der Waals surface area contributed by atoms with E-state index in [1.165, 1.54) is 5.56 Å². The zero-order valence-corrected chi connectivity index (χ0v) is 12.9. The number of thiocarbonyl (C=S) groups is 1. The van der Waals surface area contributed by atoms with E-state index in [0.717, 1.165) is 37.7 Å². The molecule has 0 amide bonds. The SMILES string of the molecule is C[n+]1ccc(CC(=S)N2CCOCC2)cc1.[I-]. The molecule has 17 heavy (non-hydrogen) atoms. The first-order valence-corrected chi connectivity index (χ1v) is 5.96. The Balaban J connectivity index is 0.00000144. The second-order valence-electron chi connectivity index (χ2n) is 4.04. The Morgan fingerprint density at radius 2 is 1.94 bits per heavy atom. The number of hydrogen-bond acceptors (Lipinski definition) is 2. The summed E-state index contributed by atoms with van der Waals surface area (Å²) in [7, 11) is 2.02. The Bertz CT molecular complexity index is 363. The van der Waals surface area contributed by atoms with Crippen molar-refractivity contribution >= 4 is 17.2 Å². The molecule has 0 atom stereocenters. The van der Waals surface area contributed by atoms with Crippen molar-refractivity contribution in [2.24, 2.45) is 7.05 Å². The number of aromatic nitrogens is 1. The highest BCUT2D eigenvalue weighted by Gasteiger charge is 2.13. The molecule has 0 aromatic carbocycles. The molecule has 0 aliphatic carbocycles. The molecule has 1 aliphatic heterocycles. The molecule has 1 fully saturated rings. The summed E-state index contributed by atoms with van der Waals surface area (Å²) >= 11 is 5.45. The smallest absolute Gasteiger partial charge is 0.168 e. The summed E-state index contributed by atoms with van der Waals surface area (Å²) < 4.78 is 7.34. The van der Waals surface area contributed by atoms with Crippen molar-refractivity contribution in [2.75, 3.05) is 26.3 Å².